The number of carbonyl (C=O) groups excluding carboxylic acids is 1. The van der Waals surface area contributed by atoms with E-state index in [-0.39, 0.29) is 5.75 Å². The van der Waals surface area contributed by atoms with Crippen molar-refractivity contribution in [2.24, 2.45) is 0 Å². The quantitative estimate of drug-likeness (QED) is 0.455. The van der Waals surface area contributed by atoms with E-state index in [1.54, 1.807) is 13.0 Å². The van der Waals surface area contributed by atoms with Gasteiger partial charge in [-0.15, -0.1) is 11.3 Å². The second-order valence-electron chi connectivity index (χ2n) is 6.37. The van der Waals surface area contributed by atoms with Gasteiger partial charge in [0.2, 0.25) is 5.75 Å². The first-order valence-corrected chi connectivity index (χ1v) is 9.89. The minimum Gasteiger partial charge on any atom is -0.473 e. The van der Waals surface area contributed by atoms with Gasteiger partial charge in [-0.25, -0.2) is 4.98 Å². The Labute approximate surface area is 171 Å². The van der Waals surface area contributed by atoms with Crippen LogP contribution in [0.1, 0.15) is 25.1 Å². The Bertz CT molecular complexity index is 1030. The van der Waals surface area contributed by atoms with E-state index < -0.39 is 22.8 Å². The predicted octanol–water partition coefficient (Wildman–Crippen LogP) is 4.39. The molecule has 2 aromatic heterocycles. The average Bonchev–Trinajstić information content (AvgIpc) is 3.17. The standard InChI is InChI=1S/C20H20N4O4S/c1-4-14-6-8-15(9-7-14)16-11-29-20(22-16)23-19(25)13(3)28-17-10-5-12(2)21-18(17)24(26)27/h5-11,13H,4H2,1-3H3,(H,22,23,25)/t13-/m1/s1. The number of carbonyl (C=O) groups is 1. The lowest BCUT2D eigenvalue weighted by atomic mass is 10.1. The van der Waals surface area contributed by atoms with E-state index in [0.29, 0.717) is 10.8 Å². The van der Waals surface area contributed by atoms with Crippen LogP contribution in [0.5, 0.6) is 5.75 Å². The fraction of sp³-hybridized carbons (Fsp3) is 0.250. The Morgan fingerprint density at radius 1 is 1.24 bits per heavy atom. The summed E-state index contributed by atoms with van der Waals surface area (Å²) in [6.07, 6.45) is -0.0000263. The summed E-state index contributed by atoms with van der Waals surface area (Å²) in [6, 6.07) is 11.1. The van der Waals surface area contributed by atoms with Gasteiger partial charge in [-0.1, -0.05) is 31.2 Å². The lowest BCUT2D eigenvalue weighted by Crippen LogP contribution is -2.30. The Kier molecular flexibility index (Phi) is 6.18. The molecule has 0 fully saturated rings. The van der Waals surface area contributed by atoms with E-state index in [2.05, 4.69) is 22.2 Å². The zero-order chi connectivity index (χ0) is 21.0. The monoisotopic (exact) mass is 412 g/mol. The topological polar surface area (TPSA) is 107 Å². The van der Waals surface area contributed by atoms with Crippen LogP contribution < -0.4 is 10.1 Å². The van der Waals surface area contributed by atoms with Crippen molar-refractivity contribution in [1.29, 1.82) is 0 Å². The van der Waals surface area contributed by atoms with Gasteiger partial charge in [-0.05, 0) is 40.9 Å². The molecule has 0 spiro atoms. The maximum atomic E-state index is 12.4. The van der Waals surface area contributed by atoms with Crippen molar-refractivity contribution in [1.82, 2.24) is 9.97 Å². The number of ether oxygens (including phenoxy) is 1. The summed E-state index contributed by atoms with van der Waals surface area (Å²) in [5.41, 5.74) is 3.45. The smallest absolute Gasteiger partial charge is 0.406 e. The van der Waals surface area contributed by atoms with Gasteiger partial charge < -0.3 is 14.9 Å². The van der Waals surface area contributed by atoms with Crippen LogP contribution >= 0.6 is 11.3 Å². The summed E-state index contributed by atoms with van der Waals surface area (Å²) in [7, 11) is 0. The third-order valence-electron chi connectivity index (χ3n) is 4.22. The highest BCUT2D eigenvalue weighted by Gasteiger charge is 2.23. The number of amides is 1. The number of aryl methyl sites for hydroxylation is 2. The molecule has 0 aliphatic heterocycles. The highest BCUT2D eigenvalue weighted by atomic mass is 32.1. The second-order valence-corrected chi connectivity index (χ2v) is 7.23. The van der Waals surface area contributed by atoms with Gasteiger partial charge in [0.1, 0.15) is 5.69 Å². The van der Waals surface area contributed by atoms with Crippen molar-refractivity contribution in [3.63, 3.8) is 0 Å². The van der Waals surface area contributed by atoms with Gasteiger partial charge in [0.25, 0.3) is 5.91 Å². The predicted molar refractivity (Wildman–Crippen MR) is 111 cm³/mol. The Balaban J connectivity index is 1.67. The first-order chi connectivity index (χ1) is 13.9. The molecule has 0 aliphatic rings. The zero-order valence-electron chi connectivity index (χ0n) is 16.2. The van der Waals surface area contributed by atoms with E-state index in [0.717, 1.165) is 17.7 Å². The number of rotatable bonds is 7. The fourth-order valence-electron chi connectivity index (χ4n) is 2.58. The number of nitro groups is 1. The number of hydrogen-bond donors (Lipinski definition) is 1. The molecule has 3 rings (SSSR count). The third kappa shape index (κ3) is 4.94. The molecule has 0 saturated heterocycles. The Hall–Kier alpha value is -3.33. The largest absolute Gasteiger partial charge is 0.473 e. The lowest BCUT2D eigenvalue weighted by Gasteiger charge is -2.13. The highest BCUT2D eigenvalue weighted by molar-refractivity contribution is 7.14. The number of thiazole rings is 1. The molecule has 3 aromatic rings. The van der Waals surface area contributed by atoms with Crippen LogP contribution in [-0.2, 0) is 11.2 Å². The molecule has 0 radical (unpaired) electrons. The molecule has 0 aliphatic carbocycles. The van der Waals surface area contributed by atoms with Crippen molar-refractivity contribution in [3.8, 4) is 17.0 Å². The summed E-state index contributed by atoms with van der Waals surface area (Å²) in [4.78, 5) is 31.2. The maximum absolute atomic E-state index is 12.4. The summed E-state index contributed by atoms with van der Waals surface area (Å²) in [6.45, 7) is 5.25. The SMILES string of the molecule is CCc1ccc(-c2csc(NC(=O)[C@@H](C)Oc3ccc(C)nc3[N+](=O)[O-])n2)cc1. The highest BCUT2D eigenvalue weighted by Crippen LogP contribution is 2.27. The molecule has 0 saturated carbocycles. The molecule has 1 amide bonds. The molecule has 29 heavy (non-hydrogen) atoms. The first kappa shape index (κ1) is 20.4. The number of anilines is 1. The first-order valence-electron chi connectivity index (χ1n) is 9.01. The van der Waals surface area contributed by atoms with Gasteiger partial charge in [0.15, 0.2) is 11.2 Å². The molecular formula is C20H20N4O4S. The van der Waals surface area contributed by atoms with Crippen LogP contribution in [0.15, 0.2) is 41.8 Å². The van der Waals surface area contributed by atoms with Gasteiger partial charge in [-0.3, -0.25) is 10.1 Å². The number of benzene rings is 1. The second kappa shape index (κ2) is 8.78. The number of pyridine rings is 1. The maximum Gasteiger partial charge on any atom is 0.406 e. The summed E-state index contributed by atoms with van der Waals surface area (Å²) in [5, 5.41) is 16.1. The van der Waals surface area contributed by atoms with Crippen LogP contribution in [0.2, 0.25) is 0 Å². The number of aromatic nitrogens is 2. The van der Waals surface area contributed by atoms with Gasteiger partial charge in [0.05, 0.1) is 5.69 Å². The lowest BCUT2D eigenvalue weighted by molar-refractivity contribution is -0.390. The van der Waals surface area contributed by atoms with Gasteiger partial charge in [-0.2, -0.15) is 0 Å². The molecular weight excluding hydrogens is 392 g/mol. The minimum absolute atomic E-state index is 0.0564. The molecule has 1 aromatic carbocycles. The van der Waals surface area contributed by atoms with Gasteiger partial charge in [0, 0.05) is 17.9 Å². The average molecular weight is 412 g/mol. The summed E-state index contributed by atoms with van der Waals surface area (Å²) >= 11 is 1.30. The molecule has 8 nitrogen and oxygen atoms in total. The number of nitrogens with zero attached hydrogens (tertiary/aromatic N) is 3. The molecule has 1 N–H and O–H groups in total. The van der Waals surface area contributed by atoms with E-state index in [4.69, 9.17) is 4.74 Å². The zero-order valence-corrected chi connectivity index (χ0v) is 17.0. The van der Waals surface area contributed by atoms with Crippen LogP contribution in [-0.4, -0.2) is 26.9 Å². The molecule has 0 bridgehead atoms. The van der Waals surface area contributed by atoms with Crippen LogP contribution in [0.25, 0.3) is 11.3 Å². The fourth-order valence-corrected chi connectivity index (χ4v) is 3.30. The van der Waals surface area contributed by atoms with Crippen LogP contribution in [0, 0.1) is 17.0 Å². The number of nitrogens with one attached hydrogen (secondary N) is 1. The van der Waals surface area contributed by atoms with E-state index in [9.17, 15) is 14.9 Å². The third-order valence-corrected chi connectivity index (χ3v) is 4.97. The normalized spacial score (nSPS) is 11.7. The molecule has 9 heteroatoms. The van der Waals surface area contributed by atoms with Gasteiger partial charge >= 0.3 is 5.82 Å². The van der Waals surface area contributed by atoms with Crippen molar-refractivity contribution in [3.05, 3.63) is 63.1 Å². The molecule has 0 unspecified atom stereocenters. The van der Waals surface area contributed by atoms with Crippen molar-refractivity contribution >= 4 is 28.2 Å². The Morgan fingerprint density at radius 2 is 1.97 bits per heavy atom. The summed E-state index contributed by atoms with van der Waals surface area (Å²) in [5.74, 6) is -0.932. The van der Waals surface area contributed by atoms with Crippen molar-refractivity contribution in [2.45, 2.75) is 33.3 Å². The Morgan fingerprint density at radius 3 is 2.62 bits per heavy atom. The van der Waals surface area contributed by atoms with E-state index in [1.165, 1.54) is 29.9 Å². The molecule has 1 atom stereocenters. The molecule has 2 heterocycles. The van der Waals surface area contributed by atoms with Crippen molar-refractivity contribution < 1.29 is 14.5 Å². The van der Waals surface area contributed by atoms with Crippen LogP contribution in [0.3, 0.4) is 0 Å². The molecule has 150 valence electrons. The van der Waals surface area contributed by atoms with Crippen molar-refractivity contribution in [2.75, 3.05) is 5.32 Å². The van der Waals surface area contributed by atoms with E-state index >= 15 is 0 Å². The minimum atomic E-state index is -0.964. The van der Waals surface area contributed by atoms with Crippen LogP contribution in [0.4, 0.5) is 10.9 Å². The number of hydrogen-bond acceptors (Lipinski definition) is 7. The van der Waals surface area contributed by atoms with E-state index in [1.807, 2.05) is 29.6 Å². The summed E-state index contributed by atoms with van der Waals surface area (Å²) < 4.78 is 5.47.